The number of hydrogen-bond donors (Lipinski definition) is 0. The lowest BCUT2D eigenvalue weighted by Crippen LogP contribution is -2.52. The molecular weight excluding hydrogens is 348 g/mol. The first kappa shape index (κ1) is 19.6. The third-order valence-corrected chi connectivity index (χ3v) is 5.34. The molecule has 0 unspecified atom stereocenters. The van der Waals surface area contributed by atoms with Gasteiger partial charge in [-0.1, -0.05) is 30.3 Å². The van der Waals surface area contributed by atoms with Crippen molar-refractivity contribution in [2.75, 3.05) is 27.3 Å². The van der Waals surface area contributed by atoms with E-state index >= 15 is 0 Å². The molecule has 2 amide bonds. The van der Waals surface area contributed by atoms with Crippen molar-refractivity contribution in [1.29, 1.82) is 0 Å². The van der Waals surface area contributed by atoms with E-state index < -0.39 is 18.4 Å². The van der Waals surface area contributed by atoms with E-state index in [4.69, 9.17) is 14.2 Å². The maximum absolute atomic E-state index is 13.1. The summed E-state index contributed by atoms with van der Waals surface area (Å²) in [5.41, 5.74) is 0.926. The predicted octanol–water partition coefficient (Wildman–Crippen LogP) is 2.40. The number of nitrogens with zero attached hydrogens (tertiary/aromatic N) is 2. The number of benzene rings is 1. The third-order valence-electron chi connectivity index (χ3n) is 5.34. The Kier molecular flexibility index (Phi) is 6.68. The van der Waals surface area contributed by atoms with E-state index in [1.165, 1.54) is 0 Å². The summed E-state index contributed by atoms with van der Waals surface area (Å²) in [5.74, 6) is -0.0363. The zero-order valence-electron chi connectivity index (χ0n) is 16.0. The van der Waals surface area contributed by atoms with Gasteiger partial charge in [0.15, 0.2) is 6.29 Å². The van der Waals surface area contributed by atoms with Crippen LogP contribution in [0.2, 0.25) is 0 Å². The van der Waals surface area contributed by atoms with Crippen LogP contribution in [0.3, 0.4) is 0 Å². The van der Waals surface area contributed by atoms with Gasteiger partial charge in [0.2, 0.25) is 5.91 Å². The summed E-state index contributed by atoms with van der Waals surface area (Å²) >= 11 is 0. The van der Waals surface area contributed by atoms with Gasteiger partial charge in [0.1, 0.15) is 12.6 Å². The van der Waals surface area contributed by atoms with Gasteiger partial charge in [-0.15, -0.1) is 0 Å². The number of hydrogen-bond acceptors (Lipinski definition) is 5. The molecule has 1 aromatic rings. The molecule has 2 heterocycles. The topological polar surface area (TPSA) is 68.3 Å². The van der Waals surface area contributed by atoms with Gasteiger partial charge in [0.05, 0.1) is 6.04 Å². The first-order chi connectivity index (χ1) is 13.2. The second-order valence-corrected chi connectivity index (χ2v) is 6.97. The summed E-state index contributed by atoms with van der Waals surface area (Å²) in [6, 6.07) is 8.95. The van der Waals surface area contributed by atoms with Crippen LogP contribution in [0.25, 0.3) is 0 Å². The van der Waals surface area contributed by atoms with Crippen LogP contribution in [0.1, 0.15) is 31.2 Å². The Morgan fingerprint density at radius 3 is 2.41 bits per heavy atom. The maximum atomic E-state index is 13.1. The molecule has 2 atom stereocenters. The van der Waals surface area contributed by atoms with E-state index in [1.54, 1.807) is 19.1 Å². The number of rotatable bonds is 6. The normalized spacial score (nSPS) is 22.5. The van der Waals surface area contributed by atoms with Crippen molar-refractivity contribution in [2.45, 2.75) is 50.7 Å². The molecule has 0 N–H and O–H groups in total. The van der Waals surface area contributed by atoms with E-state index in [1.807, 2.05) is 35.2 Å². The molecule has 0 radical (unpaired) electrons. The molecule has 148 valence electrons. The van der Waals surface area contributed by atoms with E-state index in [9.17, 15) is 9.59 Å². The molecule has 2 aliphatic heterocycles. The Labute approximate surface area is 160 Å². The Morgan fingerprint density at radius 2 is 1.70 bits per heavy atom. The molecule has 2 fully saturated rings. The summed E-state index contributed by atoms with van der Waals surface area (Å²) < 4.78 is 16.2. The second kappa shape index (κ2) is 9.19. The molecule has 7 nitrogen and oxygen atoms in total. The van der Waals surface area contributed by atoms with Gasteiger partial charge in [0, 0.05) is 27.3 Å². The van der Waals surface area contributed by atoms with Crippen LogP contribution < -0.4 is 0 Å². The molecule has 0 aliphatic carbocycles. The SMILES string of the molecule is COC(OC)[C@@H]1CCCN1C(=O)[C@H]1CCCN1C(=O)OCc1ccccc1. The molecule has 0 saturated carbocycles. The molecule has 7 heteroatoms. The Morgan fingerprint density at radius 1 is 1.04 bits per heavy atom. The van der Waals surface area contributed by atoms with E-state index in [2.05, 4.69) is 0 Å². The minimum atomic E-state index is -0.469. The minimum absolute atomic E-state index is 0.0363. The average Bonchev–Trinajstić information content (AvgIpc) is 3.37. The standard InChI is InChI=1S/C20H28N2O5/c1-25-19(26-2)17-11-7-12-21(17)18(23)16-10-6-13-22(16)20(24)27-14-15-8-4-3-5-9-15/h3-5,8-9,16-17,19H,6-7,10-14H2,1-2H3/t16-,17+/m1/s1. The smallest absolute Gasteiger partial charge is 0.410 e. The molecule has 1 aromatic carbocycles. The summed E-state index contributed by atoms with van der Waals surface area (Å²) in [6.45, 7) is 1.41. The molecule has 27 heavy (non-hydrogen) atoms. The molecular formula is C20H28N2O5. The zero-order chi connectivity index (χ0) is 19.2. The van der Waals surface area contributed by atoms with E-state index in [0.717, 1.165) is 24.8 Å². The van der Waals surface area contributed by atoms with Crippen LogP contribution in [-0.4, -0.2) is 67.5 Å². The molecule has 3 rings (SSSR count). The highest BCUT2D eigenvalue weighted by Crippen LogP contribution is 2.27. The van der Waals surface area contributed by atoms with Crippen LogP contribution >= 0.6 is 0 Å². The van der Waals surface area contributed by atoms with Crippen molar-refractivity contribution in [3.05, 3.63) is 35.9 Å². The predicted molar refractivity (Wildman–Crippen MR) is 98.9 cm³/mol. The minimum Gasteiger partial charge on any atom is -0.445 e. The number of carbonyl (C=O) groups excluding carboxylic acids is 2. The van der Waals surface area contributed by atoms with Gasteiger partial charge in [-0.3, -0.25) is 9.69 Å². The van der Waals surface area contributed by atoms with Crippen molar-refractivity contribution in [1.82, 2.24) is 9.80 Å². The Bertz CT molecular complexity index is 635. The van der Waals surface area contributed by atoms with Crippen LogP contribution in [0.5, 0.6) is 0 Å². The number of methoxy groups -OCH3 is 2. The van der Waals surface area contributed by atoms with Crippen LogP contribution in [0, 0.1) is 0 Å². The number of likely N-dealkylation sites (tertiary alicyclic amines) is 2. The molecule has 0 spiro atoms. The molecule has 0 bridgehead atoms. The van der Waals surface area contributed by atoms with Gasteiger partial charge in [-0.2, -0.15) is 0 Å². The molecule has 2 saturated heterocycles. The first-order valence-corrected chi connectivity index (χ1v) is 9.49. The highest BCUT2D eigenvalue weighted by molar-refractivity contribution is 5.86. The quantitative estimate of drug-likeness (QED) is 0.713. The van der Waals surface area contributed by atoms with Gasteiger partial charge < -0.3 is 19.1 Å². The fourth-order valence-electron chi connectivity index (χ4n) is 4.00. The summed E-state index contributed by atoms with van der Waals surface area (Å²) in [6.07, 6.45) is 2.32. The Balaban J connectivity index is 1.62. The highest BCUT2D eigenvalue weighted by atomic mass is 16.7. The fraction of sp³-hybridized carbons (Fsp3) is 0.600. The molecule has 2 aliphatic rings. The van der Waals surface area contributed by atoms with E-state index in [0.29, 0.717) is 19.5 Å². The summed E-state index contributed by atoms with van der Waals surface area (Å²) in [7, 11) is 3.16. The zero-order valence-corrected chi connectivity index (χ0v) is 16.0. The summed E-state index contributed by atoms with van der Waals surface area (Å²) in [5, 5.41) is 0. The largest absolute Gasteiger partial charge is 0.445 e. The van der Waals surface area contributed by atoms with E-state index in [-0.39, 0.29) is 18.6 Å². The van der Waals surface area contributed by atoms with Crippen molar-refractivity contribution in [2.24, 2.45) is 0 Å². The first-order valence-electron chi connectivity index (χ1n) is 9.49. The second-order valence-electron chi connectivity index (χ2n) is 6.97. The van der Waals surface area contributed by atoms with Crippen LogP contribution in [0.4, 0.5) is 4.79 Å². The van der Waals surface area contributed by atoms with Crippen molar-refractivity contribution < 1.29 is 23.8 Å². The third kappa shape index (κ3) is 4.42. The number of carbonyl (C=O) groups is 2. The summed E-state index contributed by atoms with van der Waals surface area (Å²) in [4.78, 5) is 29.1. The van der Waals surface area contributed by atoms with Gasteiger partial charge in [-0.25, -0.2) is 4.79 Å². The Hall–Kier alpha value is -2.12. The fourth-order valence-corrected chi connectivity index (χ4v) is 4.00. The van der Waals surface area contributed by atoms with Crippen LogP contribution in [0.15, 0.2) is 30.3 Å². The lowest BCUT2D eigenvalue weighted by Gasteiger charge is -2.33. The average molecular weight is 376 g/mol. The van der Waals surface area contributed by atoms with Gasteiger partial charge in [0.25, 0.3) is 0 Å². The van der Waals surface area contributed by atoms with Gasteiger partial charge in [-0.05, 0) is 31.2 Å². The number of amides is 2. The van der Waals surface area contributed by atoms with Crippen molar-refractivity contribution in [3.63, 3.8) is 0 Å². The monoisotopic (exact) mass is 376 g/mol. The van der Waals surface area contributed by atoms with Crippen molar-refractivity contribution in [3.8, 4) is 0 Å². The highest BCUT2D eigenvalue weighted by Gasteiger charge is 2.42. The lowest BCUT2D eigenvalue weighted by molar-refractivity contribution is -0.159. The molecule has 0 aromatic heterocycles. The maximum Gasteiger partial charge on any atom is 0.410 e. The number of ether oxygens (including phenoxy) is 3. The van der Waals surface area contributed by atoms with Crippen molar-refractivity contribution >= 4 is 12.0 Å². The van der Waals surface area contributed by atoms with Gasteiger partial charge >= 0.3 is 6.09 Å². The van der Waals surface area contributed by atoms with Crippen LogP contribution in [-0.2, 0) is 25.6 Å². The lowest BCUT2D eigenvalue weighted by atomic mass is 10.1.